The van der Waals surface area contributed by atoms with Crippen LogP contribution in [0.25, 0.3) is 11.3 Å². The van der Waals surface area contributed by atoms with Gasteiger partial charge in [0.15, 0.2) is 0 Å². The summed E-state index contributed by atoms with van der Waals surface area (Å²) in [5.74, 6) is 1.47. The Morgan fingerprint density at radius 1 is 0.821 bits per heavy atom. The molecule has 0 amide bonds. The Morgan fingerprint density at radius 2 is 1.64 bits per heavy atom. The van der Waals surface area contributed by atoms with Crippen molar-refractivity contribution < 1.29 is 4.74 Å². The molecular formula is C23H20N4O. The van der Waals surface area contributed by atoms with E-state index in [1.807, 2.05) is 84.9 Å². The summed E-state index contributed by atoms with van der Waals surface area (Å²) in [4.78, 5) is 8.74. The van der Waals surface area contributed by atoms with Gasteiger partial charge in [-0.2, -0.15) is 0 Å². The van der Waals surface area contributed by atoms with Crippen molar-refractivity contribution in [3.63, 3.8) is 0 Å². The molecule has 0 saturated heterocycles. The summed E-state index contributed by atoms with van der Waals surface area (Å²) in [5, 5.41) is 3.26. The van der Waals surface area contributed by atoms with Crippen LogP contribution in [0.1, 0.15) is 5.56 Å². The van der Waals surface area contributed by atoms with Crippen molar-refractivity contribution in [2.45, 2.75) is 6.61 Å². The van der Waals surface area contributed by atoms with Crippen molar-refractivity contribution in [2.75, 3.05) is 11.1 Å². The van der Waals surface area contributed by atoms with Gasteiger partial charge in [0.1, 0.15) is 24.5 Å². The molecule has 0 spiro atoms. The van der Waals surface area contributed by atoms with Crippen LogP contribution in [0.4, 0.5) is 17.2 Å². The summed E-state index contributed by atoms with van der Waals surface area (Å²) in [5.41, 5.74) is 10.2. The second kappa shape index (κ2) is 8.22. The summed E-state index contributed by atoms with van der Waals surface area (Å²) in [6.45, 7) is 0.497. The lowest BCUT2D eigenvalue weighted by Gasteiger charge is -2.12. The highest BCUT2D eigenvalue weighted by atomic mass is 16.5. The first-order valence-corrected chi connectivity index (χ1v) is 8.99. The number of aromatic nitrogens is 2. The number of anilines is 3. The topological polar surface area (TPSA) is 73.1 Å². The number of nitrogens with one attached hydrogen (secondary N) is 1. The van der Waals surface area contributed by atoms with Crippen molar-refractivity contribution in [1.82, 2.24) is 9.97 Å². The van der Waals surface area contributed by atoms with E-state index < -0.39 is 0 Å². The van der Waals surface area contributed by atoms with Crippen LogP contribution in [-0.4, -0.2) is 9.97 Å². The second-order valence-corrected chi connectivity index (χ2v) is 6.31. The quantitative estimate of drug-likeness (QED) is 0.466. The predicted molar refractivity (Wildman–Crippen MR) is 112 cm³/mol. The lowest BCUT2D eigenvalue weighted by molar-refractivity contribution is 0.307. The van der Waals surface area contributed by atoms with E-state index in [-0.39, 0.29) is 0 Å². The fourth-order valence-electron chi connectivity index (χ4n) is 2.88. The summed E-state index contributed by atoms with van der Waals surface area (Å²) >= 11 is 0. The van der Waals surface area contributed by atoms with Gasteiger partial charge in [-0.15, -0.1) is 0 Å². The first kappa shape index (κ1) is 17.5. The molecule has 138 valence electrons. The second-order valence-electron chi connectivity index (χ2n) is 6.31. The van der Waals surface area contributed by atoms with Gasteiger partial charge in [0, 0.05) is 23.0 Å². The molecule has 0 aliphatic carbocycles. The molecule has 0 fully saturated rings. The molecule has 0 unspecified atom stereocenters. The van der Waals surface area contributed by atoms with Crippen molar-refractivity contribution in [3.8, 4) is 17.0 Å². The maximum absolute atomic E-state index is 6.05. The zero-order valence-corrected chi connectivity index (χ0v) is 15.2. The molecule has 1 heterocycles. The summed E-state index contributed by atoms with van der Waals surface area (Å²) in [6, 6.07) is 27.4. The van der Waals surface area contributed by atoms with Gasteiger partial charge in [-0.1, -0.05) is 48.5 Å². The fraction of sp³-hybridized carbons (Fsp3) is 0.0435. The van der Waals surface area contributed by atoms with E-state index in [9.17, 15) is 0 Å². The van der Waals surface area contributed by atoms with E-state index in [0.29, 0.717) is 18.1 Å². The van der Waals surface area contributed by atoms with Crippen LogP contribution in [0.3, 0.4) is 0 Å². The number of nitrogens with zero attached hydrogens (tertiary/aromatic N) is 2. The molecule has 0 aliphatic heterocycles. The van der Waals surface area contributed by atoms with Crippen molar-refractivity contribution in [3.05, 3.63) is 96.8 Å². The minimum absolute atomic E-state index is 0.497. The Morgan fingerprint density at radius 3 is 2.50 bits per heavy atom. The average molecular weight is 368 g/mol. The molecule has 5 nitrogen and oxygen atoms in total. The lowest BCUT2D eigenvalue weighted by atomic mass is 10.1. The van der Waals surface area contributed by atoms with Crippen molar-refractivity contribution in [2.24, 2.45) is 0 Å². The van der Waals surface area contributed by atoms with Crippen LogP contribution >= 0.6 is 0 Å². The zero-order chi connectivity index (χ0) is 19.2. The molecule has 4 aromatic rings. The van der Waals surface area contributed by atoms with Gasteiger partial charge in [0.2, 0.25) is 0 Å². The monoisotopic (exact) mass is 368 g/mol. The third-order valence-electron chi connectivity index (χ3n) is 4.23. The Bertz CT molecular complexity index is 1070. The molecule has 5 heteroatoms. The standard InChI is InChI=1S/C23H20N4O/c24-18-9-6-10-19(13-18)27-23-14-21(25-16-26-23)20-11-4-5-12-22(20)28-15-17-7-2-1-3-8-17/h1-14,16H,15,24H2,(H,25,26,27). The van der Waals surface area contributed by atoms with E-state index >= 15 is 0 Å². The Hall–Kier alpha value is -3.86. The minimum Gasteiger partial charge on any atom is -0.488 e. The minimum atomic E-state index is 0.497. The summed E-state index contributed by atoms with van der Waals surface area (Å²) in [6.07, 6.45) is 1.54. The number of para-hydroxylation sites is 1. The number of nitrogen functional groups attached to an aromatic ring is 1. The number of benzene rings is 3. The van der Waals surface area contributed by atoms with Gasteiger partial charge in [-0.05, 0) is 35.9 Å². The molecule has 0 aliphatic rings. The molecule has 0 bridgehead atoms. The average Bonchev–Trinajstić information content (AvgIpc) is 2.73. The number of rotatable bonds is 6. The summed E-state index contributed by atoms with van der Waals surface area (Å²) in [7, 11) is 0. The van der Waals surface area contributed by atoms with E-state index in [4.69, 9.17) is 10.5 Å². The zero-order valence-electron chi connectivity index (χ0n) is 15.2. The molecule has 0 radical (unpaired) electrons. The molecular weight excluding hydrogens is 348 g/mol. The third kappa shape index (κ3) is 4.27. The number of nitrogens with two attached hydrogens (primary N) is 1. The highest BCUT2D eigenvalue weighted by Gasteiger charge is 2.09. The van der Waals surface area contributed by atoms with Crippen LogP contribution < -0.4 is 15.8 Å². The van der Waals surface area contributed by atoms with Crippen molar-refractivity contribution in [1.29, 1.82) is 0 Å². The van der Waals surface area contributed by atoms with E-state index in [2.05, 4.69) is 15.3 Å². The van der Waals surface area contributed by atoms with Gasteiger partial charge >= 0.3 is 0 Å². The molecule has 0 atom stereocenters. The molecule has 28 heavy (non-hydrogen) atoms. The smallest absolute Gasteiger partial charge is 0.134 e. The van der Waals surface area contributed by atoms with E-state index in [1.54, 1.807) is 0 Å². The van der Waals surface area contributed by atoms with E-state index in [0.717, 1.165) is 28.3 Å². The van der Waals surface area contributed by atoms with Gasteiger partial charge < -0.3 is 15.8 Å². The largest absolute Gasteiger partial charge is 0.488 e. The Labute approximate surface area is 163 Å². The number of hydrogen-bond donors (Lipinski definition) is 2. The molecule has 4 rings (SSSR count). The van der Waals surface area contributed by atoms with Gasteiger partial charge in [-0.3, -0.25) is 0 Å². The normalized spacial score (nSPS) is 10.4. The van der Waals surface area contributed by atoms with Crippen LogP contribution in [0, 0.1) is 0 Å². The number of hydrogen-bond acceptors (Lipinski definition) is 5. The first-order chi connectivity index (χ1) is 13.8. The van der Waals surface area contributed by atoms with Gasteiger partial charge in [-0.25, -0.2) is 9.97 Å². The maximum Gasteiger partial charge on any atom is 0.134 e. The number of ether oxygens (including phenoxy) is 1. The third-order valence-corrected chi connectivity index (χ3v) is 4.23. The van der Waals surface area contributed by atoms with Crippen LogP contribution in [0.2, 0.25) is 0 Å². The highest BCUT2D eigenvalue weighted by Crippen LogP contribution is 2.30. The summed E-state index contributed by atoms with van der Waals surface area (Å²) < 4.78 is 6.05. The van der Waals surface area contributed by atoms with Crippen molar-refractivity contribution >= 4 is 17.2 Å². The first-order valence-electron chi connectivity index (χ1n) is 8.99. The highest BCUT2D eigenvalue weighted by molar-refractivity contribution is 5.71. The molecule has 1 aromatic heterocycles. The molecule has 3 aromatic carbocycles. The predicted octanol–water partition coefficient (Wildman–Crippen LogP) is 5.05. The van der Waals surface area contributed by atoms with Gasteiger partial charge in [0.25, 0.3) is 0 Å². The SMILES string of the molecule is Nc1cccc(Nc2cc(-c3ccccc3OCc3ccccc3)ncn2)c1. The Balaban J connectivity index is 1.57. The van der Waals surface area contributed by atoms with Gasteiger partial charge in [0.05, 0.1) is 5.69 Å². The van der Waals surface area contributed by atoms with E-state index in [1.165, 1.54) is 6.33 Å². The fourth-order valence-corrected chi connectivity index (χ4v) is 2.88. The molecule has 3 N–H and O–H groups in total. The lowest BCUT2D eigenvalue weighted by Crippen LogP contribution is -1.99. The molecule has 0 saturated carbocycles. The maximum atomic E-state index is 6.05. The Kier molecular flexibility index (Phi) is 5.15. The van der Waals surface area contributed by atoms with Crippen LogP contribution in [-0.2, 0) is 6.61 Å². The van der Waals surface area contributed by atoms with Crippen LogP contribution in [0.5, 0.6) is 5.75 Å². The van der Waals surface area contributed by atoms with Crippen LogP contribution in [0.15, 0.2) is 91.3 Å².